The molecule has 0 spiro atoms. The normalized spacial score (nSPS) is 22.3. The van der Waals surface area contributed by atoms with Crippen molar-refractivity contribution >= 4 is 60.3 Å². The second kappa shape index (κ2) is 27.2. The van der Waals surface area contributed by atoms with Crippen molar-refractivity contribution in [2.24, 2.45) is 10.8 Å². The average molecular weight is 1150 g/mol. The molecule has 22 heteroatoms. The number of likely N-dealkylation sites (N-methyl/N-ethyl adjacent to an activating group) is 2. The molecule has 2 aromatic carbocycles. The third-order valence-electron chi connectivity index (χ3n) is 16.5. The van der Waals surface area contributed by atoms with E-state index in [2.05, 4.69) is 76.8 Å². The van der Waals surface area contributed by atoms with Gasteiger partial charge in [-0.05, 0) is 125 Å². The Balaban J connectivity index is 0.00000516. The van der Waals surface area contributed by atoms with Crippen LogP contribution in [0.4, 0.5) is 0 Å². The highest BCUT2D eigenvalue weighted by molar-refractivity contribution is 5.95. The van der Waals surface area contributed by atoms with E-state index in [1.807, 2.05) is 78.2 Å². The molecule has 80 heavy (non-hydrogen) atoms. The van der Waals surface area contributed by atoms with Crippen LogP contribution in [0.5, 0.6) is 0 Å². The molecular formula is C58H86Cl2N14O6. The molecule has 8 rings (SSSR count). The molecule has 6 amide bonds. The minimum atomic E-state index is -0.886. The minimum absolute atomic E-state index is 0. The van der Waals surface area contributed by atoms with Crippen LogP contribution >= 0.6 is 24.8 Å². The highest BCUT2D eigenvalue weighted by atomic mass is 35.5. The van der Waals surface area contributed by atoms with Crippen LogP contribution in [-0.2, 0) is 54.5 Å². The lowest BCUT2D eigenvalue weighted by Gasteiger charge is -2.36. The fraction of sp³-hybridized carbons (Fsp3) is 0.621. The molecule has 0 unspecified atom stereocenters. The van der Waals surface area contributed by atoms with Crippen molar-refractivity contribution in [2.75, 3.05) is 27.2 Å². The Morgan fingerprint density at radius 2 is 0.963 bits per heavy atom. The topological polar surface area (TPSA) is 242 Å². The number of carbonyl (C=O) groups is 6. The molecule has 4 aliphatic rings. The van der Waals surface area contributed by atoms with Gasteiger partial charge in [0, 0.05) is 38.3 Å². The summed E-state index contributed by atoms with van der Waals surface area (Å²) in [6.45, 7) is 15.4. The summed E-state index contributed by atoms with van der Waals surface area (Å²) in [5.74, 6) is -1.69. The molecule has 20 nitrogen and oxygen atoms in total. The van der Waals surface area contributed by atoms with Crippen molar-refractivity contribution in [3.05, 3.63) is 94.6 Å². The molecule has 2 fully saturated rings. The number of hydrogen-bond donors (Lipinski definition) is 6. The van der Waals surface area contributed by atoms with E-state index in [4.69, 9.17) is 0 Å². The summed E-state index contributed by atoms with van der Waals surface area (Å²) in [6.07, 6.45) is 12.7. The molecule has 0 bridgehead atoms. The number of benzene rings is 2. The molecule has 0 radical (unpaired) electrons. The second-order valence-corrected chi connectivity index (χ2v) is 24.3. The van der Waals surface area contributed by atoms with Crippen LogP contribution in [0.15, 0.2) is 60.9 Å². The monoisotopic (exact) mass is 1140 g/mol. The van der Waals surface area contributed by atoms with Gasteiger partial charge in [-0.2, -0.15) is 0 Å². The first kappa shape index (κ1) is 63.2. The van der Waals surface area contributed by atoms with Gasteiger partial charge in [0.15, 0.2) is 0 Å². The Kier molecular flexibility index (Phi) is 21.5. The Hall–Kier alpha value is -5.96. The van der Waals surface area contributed by atoms with E-state index in [0.29, 0.717) is 25.7 Å². The molecule has 10 atom stereocenters. The molecule has 2 aliphatic heterocycles. The smallest absolute Gasteiger partial charge is 0.246 e. The lowest BCUT2D eigenvalue weighted by molar-refractivity contribution is -0.144. The summed E-state index contributed by atoms with van der Waals surface area (Å²) >= 11 is 0. The van der Waals surface area contributed by atoms with Gasteiger partial charge in [-0.25, -0.2) is 9.36 Å². The van der Waals surface area contributed by atoms with Crippen LogP contribution < -0.4 is 31.9 Å². The summed E-state index contributed by atoms with van der Waals surface area (Å²) < 4.78 is 3.55. The van der Waals surface area contributed by atoms with Gasteiger partial charge in [0.05, 0.1) is 47.6 Å². The first-order valence-corrected chi connectivity index (χ1v) is 28.3. The van der Waals surface area contributed by atoms with Crippen molar-refractivity contribution < 1.29 is 28.8 Å². The third kappa shape index (κ3) is 14.7. The molecule has 2 saturated heterocycles. The van der Waals surface area contributed by atoms with Crippen molar-refractivity contribution in [3.63, 3.8) is 0 Å². The van der Waals surface area contributed by atoms with E-state index in [9.17, 15) is 28.8 Å². The lowest BCUT2D eigenvalue weighted by atomic mass is 9.85. The highest BCUT2D eigenvalue weighted by Gasteiger charge is 2.48. The van der Waals surface area contributed by atoms with Crippen LogP contribution in [0.1, 0.15) is 165 Å². The van der Waals surface area contributed by atoms with Gasteiger partial charge < -0.3 is 41.7 Å². The van der Waals surface area contributed by atoms with Crippen molar-refractivity contribution in [3.8, 4) is 0 Å². The Bertz CT molecular complexity index is 2610. The van der Waals surface area contributed by atoms with Gasteiger partial charge >= 0.3 is 0 Å². The van der Waals surface area contributed by atoms with Gasteiger partial charge in [0.1, 0.15) is 24.2 Å². The Morgan fingerprint density at radius 3 is 1.32 bits per heavy atom. The molecule has 4 aromatic rings. The summed E-state index contributed by atoms with van der Waals surface area (Å²) in [7, 11) is 3.39. The van der Waals surface area contributed by atoms with Crippen molar-refractivity contribution in [2.45, 2.75) is 193 Å². The molecule has 6 N–H and O–H groups in total. The van der Waals surface area contributed by atoms with E-state index >= 15 is 0 Å². The SMILES string of the molecule is CN[C@@H](C)C(=O)N[C@H](C(=O)N1C[C@@H](n2cc(CCCCc3cn([C@H]4C[C@@H](C(=O)N[C@@H]5CCCc6ccccc65)N(C(=O)[C@@H](NC(=O)[C@H](C)NC)C(C)(C)C)C4)nn3)nn2)C[C@H]1C(=O)N[C@@H]1CCCc2ccccc21)C(C)(C)C.Cl.Cl. The number of carbonyl (C=O) groups excluding carboxylic acids is 6. The molecular weight excluding hydrogens is 1060 g/mol. The van der Waals surface area contributed by atoms with Gasteiger partial charge in [0.25, 0.3) is 0 Å². The van der Waals surface area contributed by atoms with Gasteiger partial charge in [-0.15, -0.1) is 35.0 Å². The standard InChI is InChI=1S/C58H84N14O6.2ClH/c1-35(59-9)51(73)63-49(57(3,4)5)55(77)69-33-41(29-47(69)53(75)61-45-27-17-21-37-19-11-15-25-43(37)45)71-31-39(65-67-71)23-13-14-24-40-32-72(68-66-40)42-30-48(54(76)62-46-28-18-22-38-20-12-16-26-44(38)46)70(34-42)56(78)50(58(6,7)8)64-52(74)36(2)60-10;;/h11-12,15-16,19-20,25-26,31-32,35-36,41-42,45-50,59-60H,13-14,17-18,21-24,27-30,33-34H2,1-10H3,(H,61,75)(H,62,76)(H,63,73)(H,64,74);2*1H/t35-,36-,41-,42-,45+,46+,47-,48-,49+,50+;;/m0../s1. The van der Waals surface area contributed by atoms with E-state index in [1.165, 1.54) is 11.1 Å². The maximum absolute atomic E-state index is 14.7. The molecule has 2 aromatic heterocycles. The summed E-state index contributed by atoms with van der Waals surface area (Å²) in [4.78, 5) is 88.0. The molecule has 2 aliphatic carbocycles. The zero-order chi connectivity index (χ0) is 56.1. The predicted molar refractivity (Wildman–Crippen MR) is 310 cm³/mol. The first-order chi connectivity index (χ1) is 37.1. The average Bonchev–Trinajstić information content (AvgIpc) is 4.27. The number of likely N-dealkylation sites (tertiary alicyclic amines) is 2. The summed E-state index contributed by atoms with van der Waals surface area (Å²) in [5.41, 5.74) is 4.92. The number of aryl methyl sites for hydroxylation is 4. The number of halogens is 2. The number of fused-ring (bicyclic) bond motifs is 2. The number of amides is 6. The van der Waals surface area contributed by atoms with Crippen molar-refractivity contribution in [1.82, 2.24) is 71.7 Å². The quantitative estimate of drug-likeness (QED) is 0.0662. The maximum atomic E-state index is 14.7. The first-order valence-electron chi connectivity index (χ1n) is 28.3. The van der Waals surface area contributed by atoms with Gasteiger partial charge in [0.2, 0.25) is 35.4 Å². The summed E-state index contributed by atoms with van der Waals surface area (Å²) in [6, 6.07) is 11.0. The fourth-order valence-electron chi connectivity index (χ4n) is 11.6. The van der Waals surface area contributed by atoms with Crippen LogP contribution in [0.2, 0.25) is 0 Å². The van der Waals surface area contributed by atoms with Crippen LogP contribution in [0.3, 0.4) is 0 Å². The number of hydrogen-bond acceptors (Lipinski definition) is 12. The van der Waals surface area contributed by atoms with Crippen LogP contribution in [0.25, 0.3) is 0 Å². The van der Waals surface area contributed by atoms with Gasteiger partial charge in [-0.1, -0.05) is 101 Å². The number of nitrogens with one attached hydrogen (secondary N) is 6. The molecule has 438 valence electrons. The highest BCUT2D eigenvalue weighted by Crippen LogP contribution is 2.36. The number of rotatable bonds is 19. The van der Waals surface area contributed by atoms with E-state index in [1.54, 1.807) is 47.1 Å². The van der Waals surface area contributed by atoms with Gasteiger partial charge in [-0.3, -0.25) is 28.8 Å². The van der Waals surface area contributed by atoms with Crippen LogP contribution in [0, 0.1) is 10.8 Å². The van der Waals surface area contributed by atoms with E-state index in [0.717, 1.165) is 73.9 Å². The Morgan fingerprint density at radius 1 is 0.588 bits per heavy atom. The summed E-state index contributed by atoms with van der Waals surface area (Å²) in [5, 5.41) is 36.6. The number of unbranched alkanes of at least 4 members (excludes halogenated alkanes) is 1. The molecule has 4 heterocycles. The molecule has 0 saturated carbocycles. The maximum Gasteiger partial charge on any atom is 0.246 e. The zero-order valence-corrected chi connectivity index (χ0v) is 49.9. The fourth-order valence-corrected chi connectivity index (χ4v) is 11.6. The van der Waals surface area contributed by atoms with E-state index in [-0.39, 0.29) is 97.5 Å². The minimum Gasteiger partial charge on any atom is -0.347 e. The number of aromatic nitrogens is 6. The van der Waals surface area contributed by atoms with Crippen LogP contribution in [-0.4, -0.2) is 139 Å². The van der Waals surface area contributed by atoms with E-state index < -0.39 is 47.1 Å². The third-order valence-corrected chi connectivity index (χ3v) is 16.5. The van der Waals surface area contributed by atoms with Crippen molar-refractivity contribution in [1.29, 1.82) is 0 Å². The largest absolute Gasteiger partial charge is 0.347 e. The second-order valence-electron chi connectivity index (χ2n) is 24.3. The Labute approximate surface area is 484 Å². The zero-order valence-electron chi connectivity index (χ0n) is 48.3. The predicted octanol–water partition coefficient (Wildman–Crippen LogP) is 5.23. The number of nitrogens with zero attached hydrogens (tertiary/aromatic N) is 8. The lowest BCUT2D eigenvalue weighted by Crippen LogP contribution is -2.59.